The maximum atomic E-state index is 12.8. The highest BCUT2D eigenvalue weighted by molar-refractivity contribution is 9.10. The average molecular weight is 373 g/mol. The van der Waals surface area contributed by atoms with Crippen LogP contribution in [0.2, 0.25) is 5.02 Å². The summed E-state index contributed by atoms with van der Waals surface area (Å²) in [5.41, 5.74) is 0.568. The molecule has 1 fully saturated rings. The highest BCUT2D eigenvalue weighted by atomic mass is 79.9. The molecule has 0 saturated carbocycles. The lowest BCUT2D eigenvalue weighted by molar-refractivity contribution is -0.118. The van der Waals surface area contributed by atoms with Gasteiger partial charge in [-0.15, -0.1) is 0 Å². The molecule has 0 aromatic heterocycles. The minimum atomic E-state index is -0.0440. The molecule has 1 aliphatic heterocycles. The summed E-state index contributed by atoms with van der Waals surface area (Å²) in [6.45, 7) is 2.29. The van der Waals surface area contributed by atoms with Gasteiger partial charge in [0.15, 0.2) is 0 Å². The number of halogens is 2. The minimum Gasteiger partial charge on any atom is -0.335 e. The van der Waals surface area contributed by atoms with Crippen LogP contribution < -0.4 is 0 Å². The molecule has 0 radical (unpaired) electrons. The Morgan fingerprint density at radius 3 is 2.81 bits per heavy atom. The van der Waals surface area contributed by atoms with Gasteiger partial charge in [-0.1, -0.05) is 24.4 Å². The molecule has 21 heavy (non-hydrogen) atoms. The molecule has 5 heteroatoms. The maximum Gasteiger partial charge on any atom is 0.255 e. The Labute approximate surface area is 138 Å². The van der Waals surface area contributed by atoms with Gasteiger partial charge in [-0.25, -0.2) is 0 Å². The van der Waals surface area contributed by atoms with Crippen LogP contribution in [0.5, 0.6) is 0 Å². The fraction of sp³-hybridized carbons (Fsp3) is 0.500. The number of carbonyl (C=O) groups is 2. The SMILES string of the molecule is CC(=O)CC1CCCCCN1C(=O)c1cc(Cl)ccc1Br. The van der Waals surface area contributed by atoms with Crippen LogP contribution in [-0.2, 0) is 4.79 Å². The number of ketones is 1. The molecule has 1 amide bonds. The van der Waals surface area contributed by atoms with E-state index >= 15 is 0 Å². The minimum absolute atomic E-state index is 0.00313. The van der Waals surface area contributed by atoms with E-state index < -0.39 is 0 Å². The molecule has 1 saturated heterocycles. The summed E-state index contributed by atoms with van der Waals surface area (Å²) in [6.07, 6.45) is 4.49. The molecule has 1 aromatic carbocycles. The monoisotopic (exact) mass is 371 g/mol. The van der Waals surface area contributed by atoms with Gasteiger partial charge in [0.2, 0.25) is 0 Å². The molecule has 2 rings (SSSR count). The van der Waals surface area contributed by atoms with Crippen LogP contribution in [0.3, 0.4) is 0 Å². The molecule has 1 aromatic rings. The number of carbonyl (C=O) groups excluding carboxylic acids is 2. The zero-order chi connectivity index (χ0) is 15.4. The Bertz CT molecular complexity index is 547. The molecule has 114 valence electrons. The summed E-state index contributed by atoms with van der Waals surface area (Å²) in [5.74, 6) is 0.0855. The molecule has 0 N–H and O–H groups in total. The van der Waals surface area contributed by atoms with Gasteiger partial charge >= 0.3 is 0 Å². The van der Waals surface area contributed by atoms with Crippen molar-refractivity contribution in [1.29, 1.82) is 0 Å². The van der Waals surface area contributed by atoms with Crippen molar-refractivity contribution in [2.75, 3.05) is 6.54 Å². The zero-order valence-corrected chi connectivity index (χ0v) is 14.4. The molecule has 0 spiro atoms. The molecule has 3 nitrogen and oxygen atoms in total. The summed E-state index contributed by atoms with van der Waals surface area (Å²) < 4.78 is 0.739. The van der Waals surface area contributed by atoms with Crippen LogP contribution in [0, 0.1) is 0 Å². The van der Waals surface area contributed by atoms with Crippen LogP contribution in [0.25, 0.3) is 0 Å². The van der Waals surface area contributed by atoms with Crippen LogP contribution in [0.1, 0.15) is 49.4 Å². The Kier molecular flexibility index (Phi) is 5.82. The highest BCUT2D eigenvalue weighted by Gasteiger charge is 2.28. The number of nitrogens with zero attached hydrogens (tertiary/aromatic N) is 1. The number of rotatable bonds is 3. The van der Waals surface area contributed by atoms with E-state index in [0.29, 0.717) is 23.6 Å². The van der Waals surface area contributed by atoms with Crippen molar-refractivity contribution in [3.63, 3.8) is 0 Å². The lowest BCUT2D eigenvalue weighted by Crippen LogP contribution is -2.41. The summed E-state index contributed by atoms with van der Waals surface area (Å²) in [4.78, 5) is 26.2. The van der Waals surface area contributed by atoms with E-state index in [1.165, 1.54) is 0 Å². The van der Waals surface area contributed by atoms with Crippen LogP contribution >= 0.6 is 27.5 Å². The number of hydrogen-bond acceptors (Lipinski definition) is 2. The van der Waals surface area contributed by atoms with Gasteiger partial charge < -0.3 is 4.90 Å². The molecule has 1 heterocycles. The van der Waals surface area contributed by atoms with E-state index in [-0.39, 0.29) is 17.7 Å². The fourth-order valence-electron chi connectivity index (χ4n) is 2.80. The Morgan fingerprint density at radius 1 is 1.33 bits per heavy atom. The molecule has 0 bridgehead atoms. The van der Waals surface area contributed by atoms with E-state index in [2.05, 4.69) is 15.9 Å². The van der Waals surface area contributed by atoms with Gasteiger partial charge in [0.1, 0.15) is 5.78 Å². The lowest BCUT2D eigenvalue weighted by Gasteiger charge is -2.30. The number of benzene rings is 1. The number of amides is 1. The van der Waals surface area contributed by atoms with Crippen molar-refractivity contribution in [1.82, 2.24) is 4.90 Å². The number of hydrogen-bond donors (Lipinski definition) is 0. The maximum absolute atomic E-state index is 12.8. The quantitative estimate of drug-likeness (QED) is 0.785. The van der Waals surface area contributed by atoms with Gasteiger partial charge in [0, 0.05) is 28.5 Å². The van der Waals surface area contributed by atoms with Gasteiger partial charge in [0.05, 0.1) is 5.56 Å². The second-order valence-electron chi connectivity index (χ2n) is 5.53. The number of likely N-dealkylation sites (tertiary alicyclic amines) is 1. The first-order chi connectivity index (χ1) is 9.99. The molecular formula is C16H19BrClNO2. The van der Waals surface area contributed by atoms with E-state index in [9.17, 15) is 9.59 Å². The van der Waals surface area contributed by atoms with Crippen molar-refractivity contribution in [3.8, 4) is 0 Å². The smallest absolute Gasteiger partial charge is 0.255 e. The fourth-order valence-corrected chi connectivity index (χ4v) is 3.39. The Balaban J connectivity index is 2.28. The second-order valence-corrected chi connectivity index (χ2v) is 6.82. The summed E-state index contributed by atoms with van der Waals surface area (Å²) >= 11 is 9.42. The normalized spacial score (nSPS) is 19.2. The molecular weight excluding hydrogens is 354 g/mol. The molecule has 1 unspecified atom stereocenters. The van der Waals surface area contributed by atoms with E-state index in [1.807, 2.05) is 4.90 Å². The first-order valence-electron chi connectivity index (χ1n) is 7.24. The molecule has 1 atom stereocenters. The van der Waals surface area contributed by atoms with Crippen LogP contribution in [-0.4, -0.2) is 29.2 Å². The predicted octanol–water partition coefficient (Wildman–Crippen LogP) is 4.47. The third-order valence-corrected chi connectivity index (χ3v) is 4.75. The Hall–Kier alpha value is -0.870. The largest absolute Gasteiger partial charge is 0.335 e. The third kappa shape index (κ3) is 4.30. The Morgan fingerprint density at radius 2 is 2.10 bits per heavy atom. The summed E-state index contributed by atoms with van der Waals surface area (Å²) in [6, 6.07) is 5.22. The average Bonchev–Trinajstić information content (AvgIpc) is 2.65. The van der Waals surface area contributed by atoms with Gasteiger partial charge in [-0.2, -0.15) is 0 Å². The van der Waals surface area contributed by atoms with Gasteiger partial charge in [-0.3, -0.25) is 9.59 Å². The standard InChI is InChI=1S/C16H19BrClNO2/c1-11(20)9-13-5-3-2-4-8-19(13)16(21)14-10-12(18)6-7-15(14)17/h6-7,10,13H,2-5,8-9H2,1H3. The predicted molar refractivity (Wildman–Crippen MR) is 87.7 cm³/mol. The van der Waals surface area contributed by atoms with Crippen molar-refractivity contribution in [3.05, 3.63) is 33.3 Å². The lowest BCUT2D eigenvalue weighted by atomic mass is 10.0. The van der Waals surface area contributed by atoms with Crippen LogP contribution in [0.15, 0.2) is 22.7 Å². The van der Waals surface area contributed by atoms with Gasteiger partial charge in [0.25, 0.3) is 5.91 Å². The zero-order valence-electron chi connectivity index (χ0n) is 12.1. The van der Waals surface area contributed by atoms with Crippen molar-refractivity contribution >= 4 is 39.2 Å². The van der Waals surface area contributed by atoms with Crippen molar-refractivity contribution in [2.24, 2.45) is 0 Å². The number of Topliss-reactive ketones (excluding diaryl/α,β-unsaturated/α-hetero) is 1. The third-order valence-electron chi connectivity index (χ3n) is 3.82. The highest BCUT2D eigenvalue weighted by Crippen LogP contribution is 2.26. The topological polar surface area (TPSA) is 37.4 Å². The first-order valence-corrected chi connectivity index (χ1v) is 8.41. The van der Waals surface area contributed by atoms with Crippen LogP contribution in [0.4, 0.5) is 0 Å². The van der Waals surface area contributed by atoms with Gasteiger partial charge in [-0.05, 0) is 53.9 Å². The van der Waals surface area contributed by atoms with Crippen molar-refractivity contribution < 1.29 is 9.59 Å². The van der Waals surface area contributed by atoms with E-state index in [1.54, 1.807) is 25.1 Å². The van der Waals surface area contributed by atoms with Crippen molar-refractivity contribution in [2.45, 2.75) is 45.1 Å². The molecule has 0 aliphatic carbocycles. The summed E-state index contributed by atoms with van der Waals surface area (Å²) in [5, 5.41) is 0.541. The summed E-state index contributed by atoms with van der Waals surface area (Å²) in [7, 11) is 0. The first kappa shape index (κ1) is 16.5. The van der Waals surface area contributed by atoms with E-state index in [0.717, 1.165) is 30.2 Å². The molecule has 1 aliphatic rings. The second kappa shape index (κ2) is 7.41. The van der Waals surface area contributed by atoms with E-state index in [4.69, 9.17) is 11.6 Å².